The third-order valence-electron chi connectivity index (χ3n) is 3.57. The van der Waals surface area contributed by atoms with Crippen molar-refractivity contribution in [3.05, 3.63) is 53.1 Å². The molecule has 0 radical (unpaired) electrons. The van der Waals surface area contributed by atoms with Gasteiger partial charge >= 0.3 is 6.61 Å². The number of aromatic nitrogens is 3. The number of hydrogen-bond acceptors (Lipinski definition) is 4. The highest BCUT2D eigenvalue weighted by Crippen LogP contribution is 2.20. The first-order valence-corrected chi connectivity index (χ1v) is 7.27. The van der Waals surface area contributed by atoms with Gasteiger partial charge in [-0.25, -0.2) is 9.37 Å². The van der Waals surface area contributed by atoms with Crippen LogP contribution in [-0.2, 0) is 6.54 Å². The number of ether oxygens (including phenoxy) is 1. The summed E-state index contributed by atoms with van der Waals surface area (Å²) in [5.41, 5.74) is 2.37. The number of alkyl halides is 2. The van der Waals surface area contributed by atoms with Crippen LogP contribution in [0, 0.1) is 12.7 Å². The number of aryl methyl sites for hydroxylation is 1. The average Bonchev–Trinajstić information content (AvgIpc) is 2.96. The summed E-state index contributed by atoms with van der Waals surface area (Å²) in [4.78, 5) is 15.5. The number of carbonyl (C=O) groups is 1. The van der Waals surface area contributed by atoms with Gasteiger partial charge in [0.25, 0.3) is 11.8 Å². The summed E-state index contributed by atoms with van der Waals surface area (Å²) in [6.07, 6.45) is 0.972. The third kappa shape index (κ3) is 3.54. The molecular weight excluding hydrogens is 337 g/mol. The fraction of sp³-hybridized carbons (Fsp3) is 0.188. The summed E-state index contributed by atoms with van der Waals surface area (Å²) in [5, 5.41) is 10.5. The van der Waals surface area contributed by atoms with E-state index in [0.29, 0.717) is 0 Å². The molecule has 130 valence electrons. The molecule has 0 saturated heterocycles. The summed E-state index contributed by atoms with van der Waals surface area (Å²) in [6, 6.07) is 6.31. The Morgan fingerprint density at radius 1 is 1.40 bits per heavy atom. The molecule has 3 rings (SSSR count). The number of benzene rings is 1. The SMILES string of the molecule is Cc1n[nH]c2cccc(CNC(=O)c3cnc(OC(F)F)c(F)c3)c12. The number of fused-ring (bicyclic) bond motifs is 1. The lowest BCUT2D eigenvalue weighted by Gasteiger charge is -2.08. The number of rotatable bonds is 5. The molecule has 0 spiro atoms. The normalized spacial score (nSPS) is 11.1. The van der Waals surface area contributed by atoms with Crippen LogP contribution in [0.2, 0.25) is 0 Å². The van der Waals surface area contributed by atoms with E-state index in [4.69, 9.17) is 0 Å². The van der Waals surface area contributed by atoms with Gasteiger partial charge in [-0.05, 0) is 24.6 Å². The maximum absolute atomic E-state index is 13.6. The number of pyridine rings is 1. The molecule has 0 fully saturated rings. The number of halogens is 3. The zero-order valence-corrected chi connectivity index (χ0v) is 13.0. The number of carbonyl (C=O) groups excluding carboxylic acids is 1. The van der Waals surface area contributed by atoms with E-state index in [2.05, 4.69) is 25.2 Å². The lowest BCUT2D eigenvalue weighted by atomic mass is 10.1. The van der Waals surface area contributed by atoms with E-state index in [9.17, 15) is 18.0 Å². The Morgan fingerprint density at radius 3 is 2.92 bits per heavy atom. The summed E-state index contributed by atoms with van der Waals surface area (Å²) in [6.45, 7) is -1.17. The predicted octanol–water partition coefficient (Wildman–Crippen LogP) is 2.94. The minimum atomic E-state index is -3.19. The van der Waals surface area contributed by atoms with Gasteiger partial charge in [0.15, 0.2) is 5.82 Å². The van der Waals surface area contributed by atoms with Gasteiger partial charge in [-0.1, -0.05) is 12.1 Å². The van der Waals surface area contributed by atoms with Crippen LogP contribution in [-0.4, -0.2) is 27.7 Å². The largest absolute Gasteiger partial charge is 0.414 e. The maximum atomic E-state index is 13.6. The molecule has 25 heavy (non-hydrogen) atoms. The second-order valence-electron chi connectivity index (χ2n) is 5.22. The molecule has 2 N–H and O–H groups in total. The van der Waals surface area contributed by atoms with E-state index in [1.807, 2.05) is 25.1 Å². The van der Waals surface area contributed by atoms with Crippen LogP contribution < -0.4 is 10.1 Å². The van der Waals surface area contributed by atoms with Crippen LogP contribution in [0.15, 0.2) is 30.5 Å². The highest BCUT2D eigenvalue weighted by Gasteiger charge is 2.15. The van der Waals surface area contributed by atoms with Crippen molar-refractivity contribution < 1.29 is 22.7 Å². The Kier molecular flexibility index (Phi) is 4.55. The summed E-state index contributed by atoms with van der Waals surface area (Å²) >= 11 is 0. The van der Waals surface area contributed by atoms with Crippen LogP contribution >= 0.6 is 0 Å². The van der Waals surface area contributed by atoms with E-state index in [1.165, 1.54) is 0 Å². The summed E-state index contributed by atoms with van der Waals surface area (Å²) < 4.78 is 41.7. The van der Waals surface area contributed by atoms with Gasteiger partial charge in [0.05, 0.1) is 16.8 Å². The number of amides is 1. The Morgan fingerprint density at radius 2 is 2.20 bits per heavy atom. The smallest absolute Gasteiger partial charge is 0.388 e. The fourth-order valence-electron chi connectivity index (χ4n) is 2.47. The summed E-state index contributed by atoms with van der Waals surface area (Å²) in [5.74, 6) is -2.58. The van der Waals surface area contributed by atoms with Crippen molar-refractivity contribution in [3.63, 3.8) is 0 Å². The molecule has 0 unspecified atom stereocenters. The van der Waals surface area contributed by atoms with E-state index in [0.717, 1.165) is 34.4 Å². The zero-order valence-electron chi connectivity index (χ0n) is 13.0. The number of nitrogens with zero attached hydrogens (tertiary/aromatic N) is 2. The first kappa shape index (κ1) is 16.7. The van der Waals surface area contributed by atoms with Crippen molar-refractivity contribution in [2.75, 3.05) is 0 Å². The Balaban J connectivity index is 1.74. The van der Waals surface area contributed by atoms with E-state index in [-0.39, 0.29) is 12.1 Å². The van der Waals surface area contributed by atoms with Crippen LogP contribution in [0.3, 0.4) is 0 Å². The molecule has 0 aliphatic rings. The highest BCUT2D eigenvalue weighted by molar-refractivity contribution is 5.94. The van der Waals surface area contributed by atoms with Gasteiger partial charge in [0.2, 0.25) is 0 Å². The van der Waals surface area contributed by atoms with Crippen molar-refractivity contribution in [1.82, 2.24) is 20.5 Å². The van der Waals surface area contributed by atoms with Crippen molar-refractivity contribution in [3.8, 4) is 5.88 Å². The van der Waals surface area contributed by atoms with Crippen LogP contribution in [0.5, 0.6) is 5.88 Å². The first-order chi connectivity index (χ1) is 12.0. The molecule has 2 heterocycles. The van der Waals surface area contributed by atoms with Gasteiger partial charge in [0.1, 0.15) is 0 Å². The highest BCUT2D eigenvalue weighted by atomic mass is 19.3. The van der Waals surface area contributed by atoms with Crippen molar-refractivity contribution in [2.24, 2.45) is 0 Å². The molecule has 1 aromatic carbocycles. The lowest BCUT2D eigenvalue weighted by molar-refractivity contribution is -0.0553. The van der Waals surface area contributed by atoms with E-state index in [1.54, 1.807) is 0 Å². The lowest BCUT2D eigenvalue weighted by Crippen LogP contribution is -2.23. The molecule has 0 bridgehead atoms. The molecule has 1 amide bonds. The second-order valence-corrected chi connectivity index (χ2v) is 5.22. The zero-order chi connectivity index (χ0) is 18.0. The average molecular weight is 350 g/mol. The van der Waals surface area contributed by atoms with Crippen molar-refractivity contribution in [2.45, 2.75) is 20.1 Å². The number of aromatic amines is 1. The van der Waals surface area contributed by atoms with E-state index >= 15 is 0 Å². The van der Waals surface area contributed by atoms with Crippen LogP contribution in [0.25, 0.3) is 10.9 Å². The number of nitrogens with one attached hydrogen (secondary N) is 2. The van der Waals surface area contributed by atoms with E-state index < -0.39 is 24.2 Å². The molecule has 9 heteroatoms. The van der Waals surface area contributed by atoms with Gasteiger partial charge in [-0.15, -0.1) is 0 Å². The van der Waals surface area contributed by atoms with Gasteiger partial charge in [-0.2, -0.15) is 13.9 Å². The van der Waals surface area contributed by atoms with Crippen molar-refractivity contribution in [1.29, 1.82) is 0 Å². The van der Waals surface area contributed by atoms with Crippen LogP contribution in [0.4, 0.5) is 13.2 Å². The molecule has 0 aliphatic carbocycles. The van der Waals surface area contributed by atoms with Crippen molar-refractivity contribution >= 4 is 16.8 Å². The minimum absolute atomic E-state index is 0.102. The molecule has 6 nitrogen and oxygen atoms in total. The predicted molar refractivity (Wildman–Crippen MR) is 82.8 cm³/mol. The molecule has 0 aliphatic heterocycles. The Bertz CT molecular complexity index is 927. The Labute approximate surface area is 140 Å². The number of H-pyrrole nitrogens is 1. The third-order valence-corrected chi connectivity index (χ3v) is 3.57. The Hall–Kier alpha value is -3.10. The molecule has 0 atom stereocenters. The van der Waals surface area contributed by atoms with Gasteiger partial charge in [0, 0.05) is 18.1 Å². The molecule has 0 saturated carbocycles. The second kappa shape index (κ2) is 6.80. The topological polar surface area (TPSA) is 79.9 Å². The summed E-state index contributed by atoms with van der Waals surface area (Å²) in [7, 11) is 0. The quantitative estimate of drug-likeness (QED) is 0.741. The van der Waals surface area contributed by atoms with Gasteiger partial charge in [-0.3, -0.25) is 9.89 Å². The number of hydrogen-bond donors (Lipinski definition) is 2. The maximum Gasteiger partial charge on any atom is 0.388 e. The molecule has 2 aromatic heterocycles. The fourth-order valence-corrected chi connectivity index (χ4v) is 2.47. The minimum Gasteiger partial charge on any atom is -0.414 e. The standard InChI is InChI=1S/C16H13F3N4O2/c1-8-13-9(3-2-4-12(13)23-22-8)6-20-14(24)10-5-11(17)15(21-7-10)25-16(18)19/h2-5,7,16H,6H2,1H3,(H,20,24)(H,22,23). The molecular formula is C16H13F3N4O2. The van der Waals surface area contributed by atoms with Gasteiger partial charge < -0.3 is 10.1 Å². The molecule has 3 aromatic rings. The first-order valence-electron chi connectivity index (χ1n) is 7.27. The monoisotopic (exact) mass is 350 g/mol. The van der Waals surface area contributed by atoms with Crippen LogP contribution in [0.1, 0.15) is 21.6 Å².